The van der Waals surface area contributed by atoms with Gasteiger partial charge in [0.15, 0.2) is 0 Å². The molecular weight excluding hydrogens is 571 g/mol. The van der Waals surface area contributed by atoms with Crippen LogP contribution >= 0.6 is 11.3 Å². The molecule has 0 radical (unpaired) electrons. The van der Waals surface area contributed by atoms with Gasteiger partial charge in [0, 0.05) is 24.7 Å². The first-order valence-electron chi connectivity index (χ1n) is 13.3. The number of thiophene rings is 1. The van der Waals surface area contributed by atoms with Crippen molar-refractivity contribution >= 4 is 27.5 Å². The predicted octanol–water partition coefficient (Wildman–Crippen LogP) is 1.17. The summed E-state index contributed by atoms with van der Waals surface area (Å²) >= 11 is 1.13. The highest BCUT2D eigenvalue weighted by Gasteiger charge is 2.35. The molecule has 0 aliphatic carbocycles. The molecule has 1 fully saturated rings. The summed E-state index contributed by atoms with van der Waals surface area (Å²) in [6.07, 6.45) is 1.31. The maximum atomic E-state index is 14.5. The monoisotopic (exact) mass is 602 g/mol. The van der Waals surface area contributed by atoms with Gasteiger partial charge in [0.25, 0.3) is 5.56 Å². The number of nitrogens with zero attached hydrogens (tertiary/aromatic N) is 6. The van der Waals surface area contributed by atoms with E-state index in [1.54, 1.807) is 14.0 Å². The van der Waals surface area contributed by atoms with E-state index in [2.05, 4.69) is 10.2 Å². The summed E-state index contributed by atoms with van der Waals surface area (Å²) in [6.45, 7) is 1.41. The van der Waals surface area contributed by atoms with Crippen LogP contribution in [-0.4, -0.2) is 85.2 Å². The molecule has 5 rings (SSSR count). The quantitative estimate of drug-likeness (QED) is 0.258. The number of likely N-dealkylation sites (tertiary alicyclic amines) is 1. The Morgan fingerprint density at radius 2 is 1.95 bits per heavy atom. The van der Waals surface area contributed by atoms with Gasteiger partial charge in [-0.15, -0.1) is 4.80 Å². The van der Waals surface area contributed by atoms with E-state index < -0.39 is 41.9 Å². The van der Waals surface area contributed by atoms with E-state index >= 15 is 0 Å². The van der Waals surface area contributed by atoms with Crippen molar-refractivity contribution in [2.24, 2.45) is 0 Å². The number of aromatic nitrogens is 5. The number of aryl methyl sites for hydroxylation is 1. The zero-order valence-corrected chi connectivity index (χ0v) is 24.1. The third-order valence-corrected chi connectivity index (χ3v) is 8.68. The lowest BCUT2D eigenvalue weighted by Crippen LogP contribution is -2.44. The summed E-state index contributed by atoms with van der Waals surface area (Å²) in [5.74, 6) is -0.603. The first-order chi connectivity index (χ1) is 20.2. The molecule has 13 nitrogen and oxygen atoms in total. The van der Waals surface area contributed by atoms with Gasteiger partial charge in [-0.2, -0.15) is 10.2 Å². The van der Waals surface area contributed by atoms with Gasteiger partial charge in [0.05, 0.1) is 50.8 Å². The molecule has 4 aromatic rings. The van der Waals surface area contributed by atoms with Gasteiger partial charge >= 0.3 is 5.69 Å². The minimum absolute atomic E-state index is 0.0403. The first-order valence-corrected chi connectivity index (χ1v) is 14.1. The van der Waals surface area contributed by atoms with E-state index in [9.17, 15) is 29.0 Å². The van der Waals surface area contributed by atoms with Crippen LogP contribution in [0, 0.1) is 12.7 Å². The molecule has 1 unspecified atom stereocenters. The first kappa shape index (κ1) is 29.6. The zero-order chi connectivity index (χ0) is 30.1. The van der Waals surface area contributed by atoms with Crippen LogP contribution < -0.4 is 16.0 Å². The van der Waals surface area contributed by atoms with Crippen molar-refractivity contribution in [3.05, 3.63) is 68.4 Å². The van der Waals surface area contributed by atoms with Gasteiger partial charge in [0.1, 0.15) is 33.5 Å². The lowest BCUT2D eigenvalue weighted by Gasteiger charge is -2.23. The van der Waals surface area contributed by atoms with Crippen LogP contribution in [-0.2, 0) is 16.1 Å². The van der Waals surface area contributed by atoms with Crippen molar-refractivity contribution in [3.63, 3.8) is 0 Å². The highest BCUT2D eigenvalue weighted by molar-refractivity contribution is 7.21. The van der Waals surface area contributed by atoms with E-state index in [4.69, 9.17) is 9.47 Å². The van der Waals surface area contributed by atoms with E-state index in [0.29, 0.717) is 33.3 Å². The van der Waals surface area contributed by atoms with Crippen LogP contribution in [0.2, 0.25) is 0 Å². The second kappa shape index (κ2) is 12.1. The van der Waals surface area contributed by atoms with Crippen LogP contribution in [0.3, 0.4) is 0 Å². The number of likely N-dealkylation sites (N-methyl/N-ethyl adjacent to an activating group) is 1. The number of halogens is 1. The van der Waals surface area contributed by atoms with Crippen molar-refractivity contribution in [2.45, 2.75) is 44.6 Å². The Hall–Kier alpha value is -3.92. The Labute approximate surface area is 242 Å². The average Bonchev–Trinajstić information content (AvgIpc) is 3.70. The van der Waals surface area contributed by atoms with Crippen LogP contribution in [0.5, 0.6) is 5.75 Å². The molecule has 1 aliphatic rings. The van der Waals surface area contributed by atoms with Crippen LogP contribution in [0.1, 0.15) is 36.1 Å². The van der Waals surface area contributed by atoms with Gasteiger partial charge < -0.3 is 24.6 Å². The van der Waals surface area contributed by atoms with E-state index in [1.165, 1.54) is 52.0 Å². The smallest absolute Gasteiger partial charge is 0.332 e. The number of benzene rings is 1. The molecular formula is C27H31FN6O7S. The minimum atomic E-state index is -1.04. The summed E-state index contributed by atoms with van der Waals surface area (Å²) < 4.78 is 28.4. The van der Waals surface area contributed by atoms with Crippen molar-refractivity contribution < 1.29 is 28.9 Å². The van der Waals surface area contributed by atoms with Gasteiger partial charge in [0.2, 0.25) is 5.91 Å². The minimum Gasteiger partial charge on any atom is -0.496 e. The highest BCUT2D eigenvalue weighted by atomic mass is 32.1. The number of aliphatic hydroxyl groups excluding tert-OH is 2. The van der Waals surface area contributed by atoms with E-state index in [-0.39, 0.29) is 37.3 Å². The Bertz CT molecular complexity index is 1720. The molecule has 1 aromatic carbocycles. The SMILES string of the molecule is COc1ccc(F)cc1[C@H](Cn1c(=O)n([C@H]2CCN(C)C2=O)c(=O)c2c(C)c(-n3nccn3)sc21)OCCC(O)CO. The molecule has 3 atom stereocenters. The van der Waals surface area contributed by atoms with Crippen molar-refractivity contribution in [1.82, 2.24) is 29.0 Å². The molecule has 0 bridgehead atoms. The Balaban J connectivity index is 1.72. The maximum absolute atomic E-state index is 14.5. The van der Waals surface area contributed by atoms with E-state index in [0.717, 1.165) is 15.9 Å². The molecule has 3 aromatic heterocycles. The molecule has 42 heavy (non-hydrogen) atoms. The Kier molecular flexibility index (Phi) is 8.54. The van der Waals surface area contributed by atoms with Gasteiger partial charge in [-0.05, 0) is 38.0 Å². The van der Waals surface area contributed by atoms with E-state index in [1.807, 2.05) is 0 Å². The number of carbonyl (C=O) groups excluding carboxylic acids is 1. The topological polar surface area (TPSA) is 154 Å². The summed E-state index contributed by atoms with van der Waals surface area (Å²) in [4.78, 5) is 44.2. The van der Waals surface area contributed by atoms with Crippen LogP contribution in [0.25, 0.3) is 15.2 Å². The predicted molar refractivity (Wildman–Crippen MR) is 151 cm³/mol. The molecule has 15 heteroatoms. The molecule has 224 valence electrons. The van der Waals surface area contributed by atoms with Crippen molar-refractivity contribution in [2.75, 3.05) is 33.9 Å². The molecule has 4 heterocycles. The zero-order valence-electron chi connectivity index (χ0n) is 23.3. The van der Waals surface area contributed by atoms with Crippen molar-refractivity contribution in [3.8, 4) is 10.8 Å². The molecule has 0 saturated carbocycles. The number of hydrogen-bond donors (Lipinski definition) is 2. The number of fused-ring (bicyclic) bond motifs is 1. The Morgan fingerprint density at radius 1 is 1.21 bits per heavy atom. The molecule has 1 amide bonds. The third-order valence-electron chi connectivity index (χ3n) is 7.40. The molecule has 0 spiro atoms. The summed E-state index contributed by atoms with van der Waals surface area (Å²) in [7, 11) is 3.03. The van der Waals surface area contributed by atoms with Gasteiger partial charge in [-0.25, -0.2) is 13.8 Å². The second-order valence-electron chi connectivity index (χ2n) is 10.0. The molecule has 1 aliphatic heterocycles. The van der Waals surface area contributed by atoms with Crippen LogP contribution in [0.15, 0.2) is 40.2 Å². The van der Waals surface area contributed by atoms with Gasteiger partial charge in [-0.3, -0.25) is 14.2 Å². The number of carbonyl (C=O) groups is 1. The summed E-state index contributed by atoms with van der Waals surface area (Å²) in [5, 5.41) is 28.2. The summed E-state index contributed by atoms with van der Waals surface area (Å²) in [6, 6.07) is 2.91. The largest absolute Gasteiger partial charge is 0.496 e. The lowest BCUT2D eigenvalue weighted by molar-refractivity contribution is -0.129. The fourth-order valence-electron chi connectivity index (χ4n) is 5.14. The number of hydrogen-bond acceptors (Lipinski definition) is 10. The molecule has 2 N–H and O–H groups in total. The fraction of sp³-hybridized carbons (Fsp3) is 0.444. The standard InChI is InChI=1S/C27H31FN6O7S/c1-15-22-24(38)33(19-6-10-31(2)23(19)37)27(39)32(26(22)42-25(15)34-29-8-9-30-34)13-21(41-11-7-17(36)14-35)18-12-16(28)4-5-20(18)40-3/h4-5,8-9,12,17,19,21,35-36H,6-7,10-11,13-14H2,1-3H3/t17?,19-,21-/m0/s1. The fourth-order valence-corrected chi connectivity index (χ4v) is 6.36. The summed E-state index contributed by atoms with van der Waals surface area (Å²) in [5.41, 5.74) is -0.488. The average molecular weight is 603 g/mol. The maximum Gasteiger partial charge on any atom is 0.332 e. The number of aliphatic hydroxyl groups is 2. The third kappa shape index (κ3) is 5.35. The van der Waals surface area contributed by atoms with Crippen molar-refractivity contribution in [1.29, 1.82) is 0 Å². The number of rotatable bonds is 11. The molecule has 1 saturated heterocycles. The number of amides is 1. The number of ether oxygens (including phenoxy) is 2. The normalized spacial score (nSPS) is 16.9. The second-order valence-corrected chi connectivity index (χ2v) is 11.0. The van der Waals surface area contributed by atoms with Crippen LogP contribution in [0.4, 0.5) is 4.39 Å². The van der Waals surface area contributed by atoms with Gasteiger partial charge in [-0.1, -0.05) is 11.3 Å². The Morgan fingerprint density at radius 3 is 2.60 bits per heavy atom. The lowest BCUT2D eigenvalue weighted by atomic mass is 10.1. The highest BCUT2D eigenvalue weighted by Crippen LogP contribution is 2.34. The number of methoxy groups -OCH3 is 1.